The number of hydrogen-bond acceptors (Lipinski definition) is 4. The number of unbranched alkanes of at least 4 members (excludes halogenated alkanes) is 3. The number of amides is 1. The maximum absolute atomic E-state index is 12.2. The van der Waals surface area contributed by atoms with Crippen LogP contribution in [0.15, 0.2) is 47.6 Å². The Balaban J connectivity index is 1.77. The Bertz CT molecular complexity index is 806. The number of halogens is 1. The van der Waals surface area contributed by atoms with Gasteiger partial charge < -0.3 is 9.47 Å². The van der Waals surface area contributed by atoms with E-state index in [0.29, 0.717) is 10.8 Å². The van der Waals surface area contributed by atoms with E-state index in [-0.39, 0.29) is 5.91 Å². The molecule has 5 nitrogen and oxygen atoms in total. The van der Waals surface area contributed by atoms with Gasteiger partial charge in [0.25, 0.3) is 5.91 Å². The Kier molecular flexibility index (Phi) is 9.51. The Morgan fingerprint density at radius 3 is 2.62 bits per heavy atom. The molecule has 0 saturated carbocycles. The summed E-state index contributed by atoms with van der Waals surface area (Å²) in [5.74, 6) is 1.12. The molecule has 0 unspecified atom stereocenters. The second kappa shape index (κ2) is 12.1. The van der Waals surface area contributed by atoms with E-state index in [9.17, 15) is 4.79 Å². The third-order valence-electron chi connectivity index (χ3n) is 4.35. The molecule has 0 saturated heterocycles. The summed E-state index contributed by atoms with van der Waals surface area (Å²) in [6.45, 7) is 6.47. The molecule has 6 heteroatoms. The van der Waals surface area contributed by atoms with Gasteiger partial charge in [0.05, 0.1) is 12.8 Å². The zero-order valence-electron chi connectivity index (χ0n) is 17.3. The summed E-state index contributed by atoms with van der Waals surface area (Å²) in [4.78, 5) is 12.2. The molecule has 0 heterocycles. The molecule has 0 radical (unpaired) electrons. The van der Waals surface area contributed by atoms with Gasteiger partial charge in [0.1, 0.15) is 11.5 Å². The summed E-state index contributed by atoms with van der Waals surface area (Å²) in [6, 6.07) is 12.9. The number of carbonyl (C=O) groups excluding carboxylic acids is 1. The monoisotopic (exact) mass is 416 g/mol. The molecule has 0 spiro atoms. The highest BCUT2D eigenvalue weighted by Crippen LogP contribution is 2.22. The maximum Gasteiger partial charge on any atom is 0.280 e. The number of rotatable bonds is 11. The van der Waals surface area contributed by atoms with Crippen molar-refractivity contribution >= 4 is 23.7 Å². The van der Waals surface area contributed by atoms with Gasteiger partial charge in [-0.15, -0.1) is 0 Å². The Morgan fingerprint density at radius 2 is 1.93 bits per heavy atom. The van der Waals surface area contributed by atoms with Gasteiger partial charge in [-0.3, -0.25) is 4.79 Å². The molecule has 1 N–H and O–H groups in total. The fraction of sp³-hybridized carbons (Fsp3) is 0.391. The molecule has 0 aliphatic heterocycles. The lowest BCUT2D eigenvalue weighted by atomic mass is 10.2. The standard InChI is InChI=1S/C23H29ClN2O3/c1-4-5-6-7-14-28-21-11-8-19(9-12-21)16-25-26-23(27)18(3)29-22-13-10-20(24)15-17(22)2/h8-13,15-16,18H,4-7,14H2,1-3H3,(H,26,27)/t18-/m1/s1. The van der Waals surface area contributed by atoms with Crippen LogP contribution in [0, 0.1) is 6.92 Å². The number of nitrogens with one attached hydrogen (secondary N) is 1. The molecule has 1 amide bonds. The highest BCUT2D eigenvalue weighted by Gasteiger charge is 2.15. The van der Waals surface area contributed by atoms with Gasteiger partial charge in [-0.2, -0.15) is 5.10 Å². The van der Waals surface area contributed by atoms with Crippen LogP contribution in [-0.4, -0.2) is 24.8 Å². The van der Waals surface area contributed by atoms with E-state index in [1.54, 1.807) is 31.3 Å². The van der Waals surface area contributed by atoms with Gasteiger partial charge in [0, 0.05) is 5.02 Å². The first-order chi connectivity index (χ1) is 14.0. The van der Waals surface area contributed by atoms with Gasteiger partial charge in [0.15, 0.2) is 6.10 Å². The van der Waals surface area contributed by atoms with Crippen LogP contribution in [0.25, 0.3) is 0 Å². The topological polar surface area (TPSA) is 59.9 Å². The Morgan fingerprint density at radius 1 is 1.17 bits per heavy atom. The first kappa shape index (κ1) is 22.8. The highest BCUT2D eigenvalue weighted by atomic mass is 35.5. The van der Waals surface area contributed by atoms with Crippen LogP contribution in [-0.2, 0) is 4.79 Å². The molecular weight excluding hydrogens is 388 g/mol. The van der Waals surface area contributed by atoms with E-state index >= 15 is 0 Å². The predicted octanol–water partition coefficient (Wildman–Crippen LogP) is 5.53. The largest absolute Gasteiger partial charge is 0.494 e. The number of hydrazone groups is 1. The lowest BCUT2D eigenvalue weighted by molar-refractivity contribution is -0.127. The van der Waals surface area contributed by atoms with E-state index in [2.05, 4.69) is 17.5 Å². The molecule has 1 atom stereocenters. The van der Waals surface area contributed by atoms with Crippen molar-refractivity contribution in [3.8, 4) is 11.5 Å². The number of benzene rings is 2. The number of ether oxygens (including phenoxy) is 2. The van der Waals surface area contributed by atoms with Gasteiger partial charge in [-0.25, -0.2) is 5.43 Å². The lowest BCUT2D eigenvalue weighted by Gasteiger charge is -2.14. The summed E-state index contributed by atoms with van der Waals surface area (Å²) in [7, 11) is 0. The predicted molar refractivity (Wildman–Crippen MR) is 118 cm³/mol. The minimum Gasteiger partial charge on any atom is -0.494 e. The summed E-state index contributed by atoms with van der Waals surface area (Å²) >= 11 is 5.93. The van der Waals surface area contributed by atoms with Gasteiger partial charge in [-0.1, -0.05) is 37.8 Å². The highest BCUT2D eigenvalue weighted by molar-refractivity contribution is 6.30. The first-order valence-electron chi connectivity index (χ1n) is 9.98. The molecular formula is C23H29ClN2O3. The van der Waals surface area contributed by atoms with Crippen LogP contribution in [0.4, 0.5) is 0 Å². The summed E-state index contributed by atoms with van der Waals surface area (Å²) in [5, 5.41) is 4.63. The van der Waals surface area contributed by atoms with Crippen LogP contribution in [0.1, 0.15) is 50.7 Å². The lowest BCUT2D eigenvalue weighted by Crippen LogP contribution is -2.33. The average molecular weight is 417 g/mol. The molecule has 0 fully saturated rings. The van der Waals surface area contributed by atoms with Crippen LogP contribution >= 0.6 is 11.6 Å². The second-order valence-electron chi connectivity index (χ2n) is 6.88. The van der Waals surface area contributed by atoms with E-state index in [4.69, 9.17) is 21.1 Å². The molecule has 0 aromatic heterocycles. The average Bonchev–Trinajstić information content (AvgIpc) is 2.71. The normalized spacial score (nSPS) is 12.0. The summed E-state index contributed by atoms with van der Waals surface area (Å²) < 4.78 is 11.4. The molecule has 2 aromatic rings. The molecule has 156 valence electrons. The van der Waals surface area contributed by atoms with Gasteiger partial charge >= 0.3 is 0 Å². The van der Waals surface area contributed by atoms with Crippen molar-refractivity contribution in [3.05, 3.63) is 58.6 Å². The van der Waals surface area contributed by atoms with E-state index in [0.717, 1.165) is 29.9 Å². The fourth-order valence-corrected chi connectivity index (χ4v) is 2.85. The van der Waals surface area contributed by atoms with Crippen LogP contribution in [0.2, 0.25) is 5.02 Å². The molecule has 29 heavy (non-hydrogen) atoms. The summed E-state index contributed by atoms with van der Waals surface area (Å²) in [6.07, 6.45) is 5.63. The number of carbonyl (C=O) groups is 1. The van der Waals surface area contributed by atoms with Crippen LogP contribution in [0.3, 0.4) is 0 Å². The molecule has 0 aliphatic carbocycles. The van der Waals surface area contributed by atoms with Crippen molar-refractivity contribution in [2.75, 3.05) is 6.61 Å². The SMILES string of the molecule is CCCCCCOc1ccc(C=NNC(=O)[C@@H](C)Oc2ccc(Cl)cc2C)cc1. The molecule has 2 aromatic carbocycles. The minimum atomic E-state index is -0.685. The van der Waals surface area contributed by atoms with E-state index < -0.39 is 6.10 Å². The molecule has 0 bridgehead atoms. The first-order valence-corrected chi connectivity index (χ1v) is 10.4. The van der Waals surface area contributed by atoms with Crippen LogP contribution < -0.4 is 14.9 Å². The number of hydrogen-bond donors (Lipinski definition) is 1. The quantitative estimate of drug-likeness (QED) is 0.298. The number of nitrogens with zero attached hydrogens (tertiary/aromatic N) is 1. The summed E-state index contributed by atoms with van der Waals surface area (Å²) in [5.41, 5.74) is 4.23. The maximum atomic E-state index is 12.2. The second-order valence-corrected chi connectivity index (χ2v) is 7.32. The zero-order chi connectivity index (χ0) is 21.1. The van der Waals surface area contributed by atoms with Crippen LogP contribution in [0.5, 0.6) is 11.5 Å². The minimum absolute atomic E-state index is 0.331. The van der Waals surface area contributed by atoms with Crippen molar-refractivity contribution in [1.29, 1.82) is 0 Å². The zero-order valence-corrected chi connectivity index (χ0v) is 18.0. The third kappa shape index (κ3) is 8.16. The molecule has 0 aliphatic rings. The van der Waals surface area contributed by atoms with Crippen molar-refractivity contribution in [1.82, 2.24) is 5.43 Å². The van der Waals surface area contributed by atoms with Crippen molar-refractivity contribution in [2.45, 2.75) is 52.6 Å². The van der Waals surface area contributed by atoms with E-state index in [1.807, 2.05) is 31.2 Å². The molecule has 2 rings (SSSR count). The van der Waals surface area contributed by atoms with E-state index in [1.165, 1.54) is 19.3 Å². The van der Waals surface area contributed by atoms with Crippen molar-refractivity contribution in [3.63, 3.8) is 0 Å². The Hall–Kier alpha value is -2.53. The van der Waals surface area contributed by atoms with Gasteiger partial charge in [-0.05, 0) is 73.9 Å². The Labute approximate surface area is 178 Å². The van der Waals surface area contributed by atoms with Crippen molar-refractivity contribution in [2.24, 2.45) is 5.10 Å². The number of aryl methyl sites for hydroxylation is 1. The third-order valence-corrected chi connectivity index (χ3v) is 4.58. The smallest absolute Gasteiger partial charge is 0.280 e. The van der Waals surface area contributed by atoms with Crippen molar-refractivity contribution < 1.29 is 14.3 Å². The fourth-order valence-electron chi connectivity index (χ4n) is 2.62. The van der Waals surface area contributed by atoms with Gasteiger partial charge in [0.2, 0.25) is 0 Å².